The molecular weight excluding hydrogens is 204 g/mol. The highest BCUT2D eigenvalue weighted by atomic mass is 16.5. The van der Waals surface area contributed by atoms with Crippen LogP contribution in [0.1, 0.15) is 5.56 Å². The zero-order valence-electron chi connectivity index (χ0n) is 8.84. The molecule has 0 radical (unpaired) electrons. The van der Waals surface area contributed by atoms with Gasteiger partial charge in [-0.15, -0.1) is 0 Å². The zero-order chi connectivity index (χ0) is 11.5. The largest absolute Gasteiger partial charge is 0.497 e. The molecule has 16 heavy (non-hydrogen) atoms. The van der Waals surface area contributed by atoms with Gasteiger partial charge < -0.3 is 10.5 Å². The van der Waals surface area contributed by atoms with E-state index in [0.29, 0.717) is 5.56 Å². The SMILES string of the molecule is COc1ccc(-n2cc(C(=N)N)cn2)cc1. The number of nitrogens with zero attached hydrogens (tertiary/aromatic N) is 2. The molecule has 3 N–H and O–H groups in total. The number of rotatable bonds is 3. The fourth-order valence-electron chi connectivity index (χ4n) is 1.34. The fraction of sp³-hybridized carbons (Fsp3) is 0.0909. The van der Waals surface area contributed by atoms with Gasteiger partial charge in [-0.2, -0.15) is 5.10 Å². The first-order chi connectivity index (χ1) is 7.70. The number of nitrogen functional groups attached to an aromatic ring is 1. The first kappa shape index (κ1) is 10.2. The molecule has 0 saturated carbocycles. The molecule has 0 fully saturated rings. The number of nitrogens with two attached hydrogens (primary N) is 1. The second-order valence-electron chi connectivity index (χ2n) is 3.29. The van der Waals surface area contributed by atoms with Crippen LogP contribution in [-0.2, 0) is 0 Å². The van der Waals surface area contributed by atoms with Crippen LogP contribution in [0.15, 0.2) is 36.7 Å². The van der Waals surface area contributed by atoms with E-state index in [2.05, 4.69) is 5.10 Å². The minimum atomic E-state index is 0.0137. The summed E-state index contributed by atoms with van der Waals surface area (Å²) in [7, 11) is 1.62. The lowest BCUT2D eigenvalue weighted by Crippen LogP contribution is -2.09. The normalized spacial score (nSPS) is 10.1. The lowest BCUT2D eigenvalue weighted by molar-refractivity contribution is 0.414. The third-order valence-corrected chi connectivity index (χ3v) is 2.23. The van der Waals surface area contributed by atoms with Gasteiger partial charge in [-0.3, -0.25) is 5.41 Å². The number of methoxy groups -OCH3 is 1. The lowest BCUT2D eigenvalue weighted by atomic mass is 10.3. The van der Waals surface area contributed by atoms with Gasteiger partial charge in [0.25, 0.3) is 0 Å². The summed E-state index contributed by atoms with van der Waals surface area (Å²) in [6.07, 6.45) is 3.27. The van der Waals surface area contributed by atoms with Crippen molar-refractivity contribution < 1.29 is 4.74 Å². The molecule has 0 aliphatic rings. The average molecular weight is 216 g/mol. The van der Waals surface area contributed by atoms with Crippen molar-refractivity contribution in [1.82, 2.24) is 9.78 Å². The third kappa shape index (κ3) is 1.88. The second kappa shape index (κ2) is 4.06. The Morgan fingerprint density at radius 1 is 1.38 bits per heavy atom. The van der Waals surface area contributed by atoms with E-state index >= 15 is 0 Å². The van der Waals surface area contributed by atoms with Gasteiger partial charge >= 0.3 is 0 Å². The highest BCUT2D eigenvalue weighted by molar-refractivity contribution is 5.94. The number of ether oxygens (including phenoxy) is 1. The van der Waals surface area contributed by atoms with Crippen molar-refractivity contribution in [2.75, 3.05) is 7.11 Å². The zero-order valence-corrected chi connectivity index (χ0v) is 8.84. The van der Waals surface area contributed by atoms with Crippen LogP contribution >= 0.6 is 0 Å². The average Bonchev–Trinajstić information content (AvgIpc) is 2.78. The van der Waals surface area contributed by atoms with Gasteiger partial charge in [0, 0.05) is 6.20 Å². The van der Waals surface area contributed by atoms with Gasteiger partial charge in [-0.25, -0.2) is 4.68 Å². The summed E-state index contributed by atoms with van der Waals surface area (Å²) in [5, 5.41) is 11.4. The quantitative estimate of drug-likeness (QED) is 0.597. The predicted molar refractivity (Wildman–Crippen MR) is 61.1 cm³/mol. The molecule has 0 spiro atoms. The van der Waals surface area contributed by atoms with Crippen molar-refractivity contribution in [3.63, 3.8) is 0 Å². The molecule has 1 heterocycles. The minimum Gasteiger partial charge on any atom is -0.497 e. The summed E-state index contributed by atoms with van der Waals surface area (Å²) in [5.74, 6) is 0.808. The molecule has 0 saturated heterocycles. The van der Waals surface area contributed by atoms with Gasteiger partial charge in [-0.1, -0.05) is 0 Å². The van der Waals surface area contributed by atoms with E-state index in [1.54, 1.807) is 24.2 Å². The Hall–Kier alpha value is -2.30. The monoisotopic (exact) mass is 216 g/mol. The summed E-state index contributed by atoms with van der Waals surface area (Å²) in [6.45, 7) is 0. The van der Waals surface area contributed by atoms with Crippen LogP contribution in [0.3, 0.4) is 0 Å². The molecule has 0 amide bonds. The Kier molecular flexibility index (Phi) is 2.59. The van der Waals surface area contributed by atoms with Crippen LogP contribution in [0.5, 0.6) is 5.75 Å². The highest BCUT2D eigenvalue weighted by Crippen LogP contribution is 2.14. The molecule has 0 aliphatic carbocycles. The highest BCUT2D eigenvalue weighted by Gasteiger charge is 2.02. The molecular formula is C11H12N4O. The number of nitrogens with one attached hydrogen (secondary N) is 1. The molecule has 0 atom stereocenters. The molecule has 82 valence electrons. The standard InChI is InChI=1S/C11H12N4O/c1-16-10-4-2-9(3-5-10)15-7-8(6-14-15)11(12)13/h2-7H,1H3,(H3,12,13). The minimum absolute atomic E-state index is 0.0137. The van der Waals surface area contributed by atoms with Gasteiger partial charge in [0.05, 0.1) is 24.6 Å². The Morgan fingerprint density at radius 3 is 2.56 bits per heavy atom. The van der Waals surface area contributed by atoms with Crippen LogP contribution in [0.2, 0.25) is 0 Å². The maximum Gasteiger partial charge on any atom is 0.126 e. The van der Waals surface area contributed by atoms with E-state index < -0.39 is 0 Å². The Labute approximate surface area is 93.0 Å². The van der Waals surface area contributed by atoms with Crippen LogP contribution in [0.4, 0.5) is 0 Å². The number of benzene rings is 1. The fourth-order valence-corrected chi connectivity index (χ4v) is 1.34. The molecule has 5 nitrogen and oxygen atoms in total. The molecule has 2 rings (SSSR count). The summed E-state index contributed by atoms with van der Waals surface area (Å²) in [4.78, 5) is 0. The molecule has 5 heteroatoms. The first-order valence-electron chi connectivity index (χ1n) is 4.74. The molecule has 0 aliphatic heterocycles. The molecule has 2 aromatic rings. The van der Waals surface area contributed by atoms with Gasteiger partial charge in [0.15, 0.2) is 0 Å². The number of aromatic nitrogens is 2. The van der Waals surface area contributed by atoms with Crippen molar-refractivity contribution in [2.45, 2.75) is 0 Å². The summed E-state index contributed by atoms with van der Waals surface area (Å²) >= 11 is 0. The van der Waals surface area contributed by atoms with E-state index in [1.165, 1.54) is 0 Å². The number of hydrogen-bond acceptors (Lipinski definition) is 3. The maximum atomic E-state index is 7.28. The predicted octanol–water partition coefficient (Wildman–Crippen LogP) is 1.16. The summed E-state index contributed by atoms with van der Waals surface area (Å²) in [6, 6.07) is 7.47. The second-order valence-corrected chi connectivity index (χ2v) is 3.29. The maximum absolute atomic E-state index is 7.28. The molecule has 0 unspecified atom stereocenters. The van der Waals surface area contributed by atoms with Crippen LogP contribution < -0.4 is 10.5 Å². The molecule has 1 aromatic carbocycles. The Balaban J connectivity index is 2.31. The Bertz CT molecular complexity index is 501. The van der Waals surface area contributed by atoms with E-state index in [4.69, 9.17) is 15.9 Å². The van der Waals surface area contributed by atoms with E-state index in [-0.39, 0.29) is 5.84 Å². The third-order valence-electron chi connectivity index (χ3n) is 2.23. The Morgan fingerprint density at radius 2 is 2.06 bits per heavy atom. The smallest absolute Gasteiger partial charge is 0.126 e. The topological polar surface area (TPSA) is 76.9 Å². The number of amidine groups is 1. The van der Waals surface area contributed by atoms with Crippen molar-refractivity contribution in [1.29, 1.82) is 5.41 Å². The van der Waals surface area contributed by atoms with Crippen molar-refractivity contribution in [3.8, 4) is 11.4 Å². The van der Waals surface area contributed by atoms with Crippen LogP contribution in [0.25, 0.3) is 5.69 Å². The van der Waals surface area contributed by atoms with Crippen LogP contribution in [-0.4, -0.2) is 22.7 Å². The first-order valence-corrected chi connectivity index (χ1v) is 4.74. The summed E-state index contributed by atoms with van der Waals surface area (Å²) < 4.78 is 6.73. The van der Waals surface area contributed by atoms with Crippen molar-refractivity contribution in [2.24, 2.45) is 5.73 Å². The van der Waals surface area contributed by atoms with E-state index in [1.807, 2.05) is 24.3 Å². The van der Waals surface area contributed by atoms with Crippen molar-refractivity contribution >= 4 is 5.84 Å². The summed E-state index contributed by atoms with van der Waals surface area (Å²) in [5.41, 5.74) is 6.86. The van der Waals surface area contributed by atoms with Crippen molar-refractivity contribution in [3.05, 3.63) is 42.2 Å². The van der Waals surface area contributed by atoms with Gasteiger partial charge in [-0.05, 0) is 24.3 Å². The van der Waals surface area contributed by atoms with Crippen LogP contribution in [0, 0.1) is 5.41 Å². The molecule has 1 aromatic heterocycles. The van der Waals surface area contributed by atoms with E-state index in [0.717, 1.165) is 11.4 Å². The lowest BCUT2D eigenvalue weighted by Gasteiger charge is -2.02. The van der Waals surface area contributed by atoms with Gasteiger partial charge in [0.2, 0.25) is 0 Å². The van der Waals surface area contributed by atoms with Gasteiger partial charge in [0.1, 0.15) is 11.6 Å². The molecule has 0 bridgehead atoms. The van der Waals surface area contributed by atoms with E-state index in [9.17, 15) is 0 Å². The number of hydrogen-bond donors (Lipinski definition) is 2.